The summed E-state index contributed by atoms with van der Waals surface area (Å²) in [6.45, 7) is 12.3. The number of hydrogen-bond acceptors (Lipinski definition) is 16. The predicted octanol–water partition coefficient (Wildman–Crippen LogP) is 0.703. The summed E-state index contributed by atoms with van der Waals surface area (Å²) in [4.78, 5) is 95.4. The Balaban J connectivity index is 2.33. The van der Waals surface area contributed by atoms with Crippen LogP contribution in [0.1, 0.15) is 143 Å². The standard InChI is InChI=1S/C59H105N15O8/c1-39-34-42(4)53(43(5)35-39)44-36-41(3)51(37-40(44)2)82-38-52(75)74(32-30-70-58(80)49(72-56(78)47(66)20-8-14-26-62)22-10-16-28-68-54(76)45(64)18-6-12-24-60)33-31-71-59(81)50(73-57(79)48(67)21-9-15-27-63)23-11-17-29-69-55(77)46(65)19-7-13-25-61/h34-37,45-50H,6-33,38,60-67H2,1-5H3,(H,68,76)(H,69,77)(H,70,80)(H,71,81)(H,72,78)(H,73,79). The van der Waals surface area contributed by atoms with Crippen molar-refractivity contribution in [3.8, 4) is 16.9 Å². The van der Waals surface area contributed by atoms with Crippen LogP contribution in [0, 0.1) is 34.6 Å². The highest BCUT2D eigenvalue weighted by atomic mass is 16.5. The molecule has 0 spiro atoms. The van der Waals surface area contributed by atoms with Crippen molar-refractivity contribution >= 4 is 41.4 Å². The fraction of sp³-hybridized carbons (Fsp3) is 0.678. The summed E-state index contributed by atoms with van der Waals surface area (Å²) in [5.41, 5.74) is 54.5. The zero-order valence-electron chi connectivity index (χ0n) is 50.1. The van der Waals surface area contributed by atoms with Gasteiger partial charge in [-0.25, -0.2) is 0 Å². The van der Waals surface area contributed by atoms with Crippen LogP contribution in [-0.2, 0) is 33.6 Å². The number of benzene rings is 2. The van der Waals surface area contributed by atoms with Crippen molar-refractivity contribution in [1.82, 2.24) is 36.8 Å². The number of hydrogen-bond donors (Lipinski definition) is 14. The zero-order valence-corrected chi connectivity index (χ0v) is 50.1. The van der Waals surface area contributed by atoms with Crippen molar-refractivity contribution in [3.05, 3.63) is 52.1 Å². The molecule has 6 atom stereocenters. The Morgan fingerprint density at radius 2 is 0.793 bits per heavy atom. The van der Waals surface area contributed by atoms with Gasteiger partial charge in [-0.3, -0.25) is 33.6 Å². The van der Waals surface area contributed by atoms with Gasteiger partial charge < -0.3 is 87.4 Å². The minimum absolute atomic E-state index is 0.0101. The van der Waals surface area contributed by atoms with Crippen molar-refractivity contribution in [1.29, 1.82) is 0 Å². The lowest BCUT2D eigenvalue weighted by molar-refractivity contribution is -0.134. The molecule has 7 amide bonds. The summed E-state index contributed by atoms with van der Waals surface area (Å²) in [5, 5.41) is 17.1. The van der Waals surface area contributed by atoms with E-state index in [1.165, 1.54) is 10.5 Å². The average Bonchev–Trinajstić information content (AvgIpc) is 3.59. The average molecular weight is 1150 g/mol. The molecule has 23 nitrogen and oxygen atoms in total. The van der Waals surface area contributed by atoms with Crippen molar-refractivity contribution in [2.75, 3.05) is 72.1 Å². The molecule has 0 aromatic heterocycles. The molecule has 0 saturated heterocycles. The van der Waals surface area contributed by atoms with Crippen LogP contribution in [0.25, 0.3) is 11.1 Å². The van der Waals surface area contributed by atoms with Gasteiger partial charge >= 0.3 is 0 Å². The van der Waals surface area contributed by atoms with E-state index in [9.17, 15) is 33.6 Å². The Labute approximate surface area is 488 Å². The number of aryl methyl sites for hydroxylation is 5. The number of nitrogens with zero attached hydrogens (tertiary/aromatic N) is 1. The van der Waals surface area contributed by atoms with E-state index in [2.05, 4.69) is 70.9 Å². The highest BCUT2D eigenvalue weighted by molar-refractivity contribution is 5.90. The van der Waals surface area contributed by atoms with Gasteiger partial charge in [0.05, 0.1) is 24.2 Å². The van der Waals surface area contributed by atoms with Gasteiger partial charge in [0.1, 0.15) is 17.8 Å². The third kappa shape index (κ3) is 28.0. The molecule has 2 aromatic carbocycles. The van der Waals surface area contributed by atoms with Gasteiger partial charge in [0.25, 0.3) is 5.91 Å². The Morgan fingerprint density at radius 3 is 1.18 bits per heavy atom. The summed E-state index contributed by atoms with van der Waals surface area (Å²) < 4.78 is 6.22. The molecule has 23 heteroatoms. The summed E-state index contributed by atoms with van der Waals surface area (Å²) >= 11 is 0. The van der Waals surface area contributed by atoms with Crippen molar-refractivity contribution in [2.45, 2.75) is 186 Å². The lowest BCUT2D eigenvalue weighted by Gasteiger charge is -2.26. The van der Waals surface area contributed by atoms with E-state index in [0.29, 0.717) is 122 Å². The molecular formula is C59H105N15O8. The first-order chi connectivity index (χ1) is 39.2. The molecule has 464 valence electrons. The van der Waals surface area contributed by atoms with Gasteiger partial charge in [-0.2, -0.15) is 0 Å². The minimum atomic E-state index is -0.989. The maximum absolute atomic E-state index is 14.2. The first kappa shape index (κ1) is 72.3. The molecule has 82 heavy (non-hydrogen) atoms. The van der Waals surface area contributed by atoms with Crippen LogP contribution in [0.3, 0.4) is 0 Å². The second kappa shape index (κ2) is 41.2. The number of nitrogens with one attached hydrogen (secondary N) is 6. The zero-order chi connectivity index (χ0) is 61.0. The fourth-order valence-corrected chi connectivity index (χ4v) is 9.57. The topological polar surface area (TPSA) is 412 Å². The number of carbonyl (C=O) groups excluding carboxylic acids is 7. The SMILES string of the molecule is Cc1cc(C)c(-c2cc(C)c(OCC(=O)N(CCNC(=O)C(CCCCNC(=O)C(N)CCCCN)NC(=O)C(N)CCCCN)CCNC(=O)C(CCCCNC(=O)C(N)CCCCN)NC(=O)C(N)CCCCN)cc2C)c(C)c1. The molecule has 0 aliphatic rings. The predicted molar refractivity (Wildman–Crippen MR) is 325 cm³/mol. The summed E-state index contributed by atoms with van der Waals surface area (Å²) in [6, 6.07) is 3.24. The number of unbranched alkanes of at least 4 members (excludes halogenated alkanes) is 6. The largest absolute Gasteiger partial charge is 0.483 e. The number of rotatable bonds is 44. The van der Waals surface area contributed by atoms with Crippen LogP contribution in [0.4, 0.5) is 0 Å². The molecule has 0 radical (unpaired) electrons. The highest BCUT2D eigenvalue weighted by Crippen LogP contribution is 2.35. The van der Waals surface area contributed by atoms with E-state index in [1.807, 2.05) is 19.9 Å². The van der Waals surface area contributed by atoms with Gasteiger partial charge in [-0.1, -0.05) is 43.4 Å². The van der Waals surface area contributed by atoms with Gasteiger partial charge in [-0.15, -0.1) is 0 Å². The van der Waals surface area contributed by atoms with Crippen LogP contribution in [0.5, 0.6) is 5.75 Å². The van der Waals surface area contributed by atoms with E-state index in [0.717, 1.165) is 59.1 Å². The molecule has 0 aliphatic carbocycles. The monoisotopic (exact) mass is 1150 g/mol. The summed E-state index contributed by atoms with van der Waals surface area (Å²) in [6.07, 6.45) is 9.80. The Bertz CT molecular complexity index is 2160. The van der Waals surface area contributed by atoms with E-state index in [-0.39, 0.29) is 57.4 Å². The van der Waals surface area contributed by atoms with Crippen LogP contribution < -0.4 is 82.5 Å². The maximum Gasteiger partial charge on any atom is 0.260 e. The van der Waals surface area contributed by atoms with Crippen molar-refractivity contribution in [2.24, 2.45) is 45.9 Å². The Hall–Kier alpha value is -5.79. The second-order valence-electron chi connectivity index (χ2n) is 21.7. The molecule has 0 heterocycles. The third-order valence-corrected chi connectivity index (χ3v) is 14.5. The highest BCUT2D eigenvalue weighted by Gasteiger charge is 2.27. The molecule has 6 unspecified atom stereocenters. The third-order valence-electron chi connectivity index (χ3n) is 14.5. The fourth-order valence-electron chi connectivity index (χ4n) is 9.57. The normalized spacial score (nSPS) is 13.4. The molecule has 0 saturated carbocycles. The van der Waals surface area contributed by atoms with Crippen molar-refractivity contribution in [3.63, 3.8) is 0 Å². The van der Waals surface area contributed by atoms with Gasteiger partial charge in [-0.05, 0) is 196 Å². The molecule has 0 bridgehead atoms. The van der Waals surface area contributed by atoms with Crippen LogP contribution in [-0.4, -0.2) is 155 Å². The van der Waals surface area contributed by atoms with E-state index in [1.54, 1.807) is 0 Å². The Morgan fingerprint density at radius 1 is 0.427 bits per heavy atom. The number of carbonyl (C=O) groups is 7. The lowest BCUT2D eigenvalue weighted by Crippen LogP contribution is -2.53. The van der Waals surface area contributed by atoms with Gasteiger partial charge in [0.2, 0.25) is 35.4 Å². The molecule has 0 aliphatic heterocycles. The molecule has 2 rings (SSSR count). The molecule has 2 aromatic rings. The van der Waals surface area contributed by atoms with Crippen molar-refractivity contribution < 1.29 is 38.3 Å². The number of nitrogens with two attached hydrogens (primary N) is 8. The maximum atomic E-state index is 14.2. The molecule has 0 fully saturated rings. The van der Waals surface area contributed by atoms with Crippen LogP contribution in [0.2, 0.25) is 0 Å². The Kier molecular flexibility index (Phi) is 36.4. The minimum Gasteiger partial charge on any atom is -0.483 e. The van der Waals surface area contributed by atoms with E-state index >= 15 is 0 Å². The lowest BCUT2D eigenvalue weighted by atomic mass is 9.90. The van der Waals surface area contributed by atoms with Crippen LogP contribution in [0.15, 0.2) is 24.3 Å². The first-order valence-corrected chi connectivity index (χ1v) is 29.8. The van der Waals surface area contributed by atoms with Crippen LogP contribution >= 0.6 is 0 Å². The number of amides is 7. The summed E-state index contributed by atoms with van der Waals surface area (Å²) in [7, 11) is 0. The summed E-state index contributed by atoms with van der Waals surface area (Å²) in [5.74, 6) is -2.45. The molecule has 22 N–H and O–H groups in total. The van der Waals surface area contributed by atoms with E-state index < -0.39 is 65.8 Å². The van der Waals surface area contributed by atoms with E-state index in [4.69, 9.17) is 50.6 Å². The smallest absolute Gasteiger partial charge is 0.260 e. The van der Waals surface area contributed by atoms with Gasteiger partial charge in [0, 0.05) is 39.3 Å². The second-order valence-corrected chi connectivity index (χ2v) is 21.7. The first-order valence-electron chi connectivity index (χ1n) is 29.8. The molecular weight excluding hydrogens is 1050 g/mol. The van der Waals surface area contributed by atoms with Gasteiger partial charge in [0.15, 0.2) is 6.61 Å². The number of ether oxygens (including phenoxy) is 1. The quantitative estimate of drug-likeness (QED) is 0.0406.